The highest BCUT2D eigenvalue weighted by atomic mass is 35.5. The van der Waals surface area contributed by atoms with E-state index in [4.69, 9.17) is 30.5 Å². The van der Waals surface area contributed by atoms with Gasteiger partial charge in [0.15, 0.2) is 11.7 Å². The van der Waals surface area contributed by atoms with Crippen molar-refractivity contribution in [3.05, 3.63) is 24.3 Å². The molecule has 11 heteroatoms. The minimum absolute atomic E-state index is 0.0699. The van der Waals surface area contributed by atoms with Gasteiger partial charge in [-0.2, -0.15) is 0 Å². The smallest absolute Gasteiger partial charge is 0.312 e. The number of alkyl halides is 1. The third-order valence-electron chi connectivity index (χ3n) is 8.06. The molecule has 10 atom stereocenters. The molecule has 0 amide bonds. The second kappa shape index (κ2) is 10.0. The quantitative estimate of drug-likeness (QED) is 0.308. The summed E-state index contributed by atoms with van der Waals surface area (Å²) in [7, 11) is 0. The lowest BCUT2D eigenvalue weighted by Gasteiger charge is -2.59. The number of carbonyl (C=O) groups is 4. The molecule has 0 aromatic carbocycles. The van der Waals surface area contributed by atoms with E-state index in [2.05, 4.69) is 6.58 Å². The minimum Gasteiger partial charge on any atom is -0.462 e. The van der Waals surface area contributed by atoms with E-state index in [1.54, 1.807) is 6.92 Å². The molecule has 1 aliphatic heterocycles. The molecule has 0 radical (unpaired) electrons. The van der Waals surface area contributed by atoms with Crippen molar-refractivity contribution >= 4 is 35.5 Å². The first-order valence-corrected chi connectivity index (χ1v) is 12.6. The zero-order valence-electron chi connectivity index (χ0n) is 21.9. The summed E-state index contributed by atoms with van der Waals surface area (Å²) in [6.07, 6.45) is -1.89. The normalized spacial score (nSPS) is 44.5. The second-order valence-corrected chi connectivity index (χ2v) is 11.2. The lowest BCUT2D eigenvalue weighted by molar-refractivity contribution is -0.264. The third kappa shape index (κ3) is 4.91. The largest absolute Gasteiger partial charge is 0.462 e. The standard InChI is InChI=1S/C26H35ClO10/c1-12-8-9-17(34-14(3)28)25(7)18(35-15(4)29)10-11-24(6,32)20(25)22(36-16(5)30)26(33)13(2)23(31)37-21(26)19(12)27/h8-9,13,17-22,32-33H,1,10-11H2,2-7H3/b9-8+/t13-,17-,18-,19-,20-,21-,22+,24+,25-,26-/m0/s1. The van der Waals surface area contributed by atoms with E-state index < -0.39 is 82.1 Å². The molecule has 3 rings (SSSR count). The number of esters is 4. The molecule has 0 aromatic heterocycles. The number of ether oxygens (including phenoxy) is 4. The van der Waals surface area contributed by atoms with Crippen LogP contribution in [0.1, 0.15) is 54.4 Å². The Morgan fingerprint density at radius 3 is 2.19 bits per heavy atom. The number of hydrogen-bond acceptors (Lipinski definition) is 10. The Hall–Kier alpha value is -2.43. The van der Waals surface area contributed by atoms with E-state index in [9.17, 15) is 29.4 Å². The van der Waals surface area contributed by atoms with Gasteiger partial charge in [0, 0.05) is 26.7 Å². The molecule has 10 nitrogen and oxygen atoms in total. The summed E-state index contributed by atoms with van der Waals surface area (Å²) in [5.74, 6) is -5.35. The van der Waals surface area contributed by atoms with Crippen LogP contribution in [-0.4, -0.2) is 75.1 Å². The van der Waals surface area contributed by atoms with Gasteiger partial charge in [0.25, 0.3) is 0 Å². The van der Waals surface area contributed by atoms with Gasteiger partial charge in [-0.05, 0) is 38.3 Å². The van der Waals surface area contributed by atoms with E-state index in [0.717, 1.165) is 6.92 Å². The molecule has 0 spiro atoms. The molecule has 2 N–H and O–H groups in total. The maximum Gasteiger partial charge on any atom is 0.312 e. The van der Waals surface area contributed by atoms with Gasteiger partial charge < -0.3 is 29.2 Å². The molecule has 1 saturated heterocycles. The molecule has 3 aliphatic rings. The molecule has 2 aliphatic carbocycles. The number of aliphatic hydroxyl groups is 2. The number of hydrogen-bond donors (Lipinski definition) is 2. The Balaban J connectivity index is 2.43. The van der Waals surface area contributed by atoms with Crippen LogP contribution in [-0.2, 0) is 38.1 Å². The van der Waals surface area contributed by atoms with Crippen molar-refractivity contribution in [2.45, 2.75) is 95.4 Å². The second-order valence-electron chi connectivity index (χ2n) is 10.7. The van der Waals surface area contributed by atoms with Crippen LogP contribution in [0.25, 0.3) is 0 Å². The van der Waals surface area contributed by atoms with Gasteiger partial charge in [0.2, 0.25) is 0 Å². The molecular formula is C26H35ClO10. The van der Waals surface area contributed by atoms with Crippen LogP contribution >= 0.6 is 11.6 Å². The van der Waals surface area contributed by atoms with Crippen molar-refractivity contribution in [3.63, 3.8) is 0 Å². The SMILES string of the molecule is C=C1/C=C/[C@H](OC(C)=O)[C@@]2(C)[C@@H](OC(C)=O)CC[C@@](C)(O)[C@@H]2[C@@H](OC(C)=O)[C@]2(O)[C@@H](C)C(=O)O[C@H]2[C@H]1Cl. The van der Waals surface area contributed by atoms with Crippen molar-refractivity contribution in [2.75, 3.05) is 0 Å². The topological polar surface area (TPSA) is 146 Å². The van der Waals surface area contributed by atoms with Crippen molar-refractivity contribution in [1.29, 1.82) is 0 Å². The van der Waals surface area contributed by atoms with Crippen LogP contribution in [0, 0.1) is 17.3 Å². The maximum atomic E-state index is 12.8. The van der Waals surface area contributed by atoms with E-state index in [1.165, 1.54) is 39.8 Å². The van der Waals surface area contributed by atoms with Crippen LogP contribution in [0.5, 0.6) is 0 Å². The molecular weight excluding hydrogens is 508 g/mol. The van der Waals surface area contributed by atoms with Gasteiger partial charge in [-0.25, -0.2) is 0 Å². The van der Waals surface area contributed by atoms with Gasteiger partial charge in [-0.15, -0.1) is 11.6 Å². The Morgan fingerprint density at radius 2 is 1.65 bits per heavy atom. The minimum atomic E-state index is -2.24. The van der Waals surface area contributed by atoms with E-state index in [-0.39, 0.29) is 18.4 Å². The first-order valence-electron chi connectivity index (χ1n) is 12.2. The number of carbonyl (C=O) groups excluding carboxylic acids is 4. The summed E-state index contributed by atoms with van der Waals surface area (Å²) in [4.78, 5) is 49.7. The summed E-state index contributed by atoms with van der Waals surface area (Å²) in [6.45, 7) is 12.0. The van der Waals surface area contributed by atoms with Crippen LogP contribution in [0.3, 0.4) is 0 Å². The van der Waals surface area contributed by atoms with Crippen molar-refractivity contribution in [2.24, 2.45) is 17.3 Å². The Bertz CT molecular complexity index is 1020. The number of rotatable bonds is 3. The zero-order valence-corrected chi connectivity index (χ0v) is 22.6. The van der Waals surface area contributed by atoms with Gasteiger partial charge in [0.05, 0.1) is 22.3 Å². The van der Waals surface area contributed by atoms with Gasteiger partial charge in [-0.3, -0.25) is 19.2 Å². The fourth-order valence-corrected chi connectivity index (χ4v) is 6.60. The number of halogens is 1. The Morgan fingerprint density at radius 1 is 1.08 bits per heavy atom. The average molecular weight is 543 g/mol. The fraction of sp³-hybridized carbons (Fsp3) is 0.692. The summed E-state index contributed by atoms with van der Waals surface area (Å²) in [5.41, 5.74) is -5.15. The van der Waals surface area contributed by atoms with E-state index in [1.807, 2.05) is 0 Å². The lowest BCUT2D eigenvalue weighted by Crippen LogP contribution is -2.71. The Labute approximate surface area is 220 Å². The summed E-state index contributed by atoms with van der Waals surface area (Å²) < 4.78 is 22.6. The van der Waals surface area contributed by atoms with Gasteiger partial charge >= 0.3 is 23.9 Å². The highest BCUT2D eigenvalue weighted by Crippen LogP contribution is 2.57. The molecule has 1 saturated carbocycles. The van der Waals surface area contributed by atoms with Crippen LogP contribution in [0.2, 0.25) is 0 Å². The molecule has 2 fully saturated rings. The first-order chi connectivity index (χ1) is 17.0. The molecule has 0 bridgehead atoms. The molecule has 0 aromatic rings. The lowest BCUT2D eigenvalue weighted by atomic mass is 9.52. The van der Waals surface area contributed by atoms with Crippen LogP contribution in [0.4, 0.5) is 0 Å². The molecule has 206 valence electrons. The van der Waals surface area contributed by atoms with Crippen LogP contribution in [0.15, 0.2) is 24.3 Å². The van der Waals surface area contributed by atoms with Crippen LogP contribution < -0.4 is 0 Å². The predicted octanol–water partition coefficient (Wildman–Crippen LogP) is 1.97. The predicted molar refractivity (Wildman–Crippen MR) is 130 cm³/mol. The monoisotopic (exact) mass is 542 g/mol. The fourth-order valence-electron chi connectivity index (χ4n) is 6.28. The highest BCUT2D eigenvalue weighted by molar-refractivity contribution is 6.23. The summed E-state index contributed by atoms with van der Waals surface area (Å²) in [5, 5.41) is 23.0. The average Bonchev–Trinajstić information content (AvgIpc) is 3.00. The molecule has 37 heavy (non-hydrogen) atoms. The van der Waals surface area contributed by atoms with E-state index in [0.29, 0.717) is 0 Å². The van der Waals surface area contributed by atoms with E-state index >= 15 is 0 Å². The van der Waals surface area contributed by atoms with Gasteiger partial charge in [-0.1, -0.05) is 19.6 Å². The molecule has 0 unspecified atom stereocenters. The summed E-state index contributed by atoms with van der Waals surface area (Å²) in [6, 6.07) is 0. The highest BCUT2D eigenvalue weighted by Gasteiger charge is 2.71. The maximum absolute atomic E-state index is 12.8. The summed E-state index contributed by atoms with van der Waals surface area (Å²) >= 11 is 6.66. The molecule has 1 heterocycles. The van der Waals surface area contributed by atoms with Gasteiger partial charge in [0.1, 0.15) is 18.3 Å². The van der Waals surface area contributed by atoms with Crippen molar-refractivity contribution in [1.82, 2.24) is 0 Å². The number of fused-ring (bicyclic) bond motifs is 2. The van der Waals surface area contributed by atoms with Crippen molar-refractivity contribution in [3.8, 4) is 0 Å². The van der Waals surface area contributed by atoms with Crippen molar-refractivity contribution < 1.29 is 48.3 Å². The third-order valence-corrected chi connectivity index (χ3v) is 8.57. The Kier molecular flexibility index (Phi) is 7.90. The first kappa shape index (κ1) is 29.1. The zero-order chi connectivity index (χ0) is 28.1. The number of allylic oxidation sites excluding steroid dienone is 1.